The lowest BCUT2D eigenvalue weighted by molar-refractivity contribution is -0.166. The predicted molar refractivity (Wildman–Crippen MR) is 187 cm³/mol. The van der Waals surface area contributed by atoms with Crippen molar-refractivity contribution in [2.24, 2.45) is 5.92 Å². The maximum absolute atomic E-state index is 14.2. The van der Waals surface area contributed by atoms with Crippen molar-refractivity contribution in [2.45, 2.75) is 76.9 Å². The van der Waals surface area contributed by atoms with E-state index in [2.05, 4.69) is 40.4 Å². The van der Waals surface area contributed by atoms with Gasteiger partial charge in [0.2, 0.25) is 5.91 Å². The van der Waals surface area contributed by atoms with Crippen LogP contribution in [0, 0.1) is 5.92 Å². The van der Waals surface area contributed by atoms with Crippen LogP contribution in [0.4, 0.5) is 4.79 Å². The minimum Gasteiger partial charge on any atom is -0.497 e. The fourth-order valence-corrected chi connectivity index (χ4v) is 6.57. The number of methoxy groups -OCH3 is 2. The van der Waals surface area contributed by atoms with Crippen LogP contribution in [0.3, 0.4) is 0 Å². The zero-order chi connectivity index (χ0) is 34.4. The molecule has 3 aromatic rings. The lowest BCUT2D eigenvalue weighted by Crippen LogP contribution is -2.69. The molecular weight excluding hydrogens is 611 g/mol. The summed E-state index contributed by atoms with van der Waals surface area (Å²) in [6.07, 6.45) is -0.406. The molecule has 8 nitrogen and oxygen atoms in total. The van der Waals surface area contributed by atoms with Crippen LogP contribution in [0.1, 0.15) is 38.8 Å². The fourth-order valence-electron chi connectivity index (χ4n) is 5.60. The summed E-state index contributed by atoms with van der Waals surface area (Å²) >= 11 is 0. The van der Waals surface area contributed by atoms with Crippen molar-refractivity contribution in [1.82, 2.24) is 4.90 Å². The second-order valence-corrected chi connectivity index (χ2v) is 18.5. The Morgan fingerprint density at radius 3 is 1.83 bits per heavy atom. The van der Waals surface area contributed by atoms with Gasteiger partial charge in [-0.2, -0.15) is 0 Å². The standard InChI is InChI=1S/C38H49NO7Si/c1-26(25-44-47(8,9)38(3,4)5)35-34(27(2)45-37(41)46-33-13-11-10-12-14-33)36(40)39(35)30(23-28-15-19-31(42-6)20-16-28)24-29-17-21-32(43-7)22-18-29/h10-22,27,30,34-35H,1,23-25H2,2-9H3/t27-,34-,35-/m1/s1. The van der Waals surface area contributed by atoms with E-state index in [1.807, 2.05) is 59.5 Å². The number of hydrogen-bond donors (Lipinski definition) is 0. The van der Waals surface area contributed by atoms with Crippen molar-refractivity contribution >= 4 is 20.4 Å². The van der Waals surface area contributed by atoms with Crippen molar-refractivity contribution in [3.63, 3.8) is 0 Å². The van der Waals surface area contributed by atoms with Crippen LogP contribution in [-0.2, 0) is 26.8 Å². The number of amides is 1. The van der Waals surface area contributed by atoms with Crippen LogP contribution in [0.2, 0.25) is 18.1 Å². The number of nitrogens with zero attached hydrogens (tertiary/aromatic N) is 1. The monoisotopic (exact) mass is 659 g/mol. The molecule has 3 atom stereocenters. The van der Waals surface area contributed by atoms with Gasteiger partial charge in [-0.1, -0.05) is 69.8 Å². The summed E-state index contributed by atoms with van der Waals surface area (Å²) in [5, 5.41) is 0.00463. The summed E-state index contributed by atoms with van der Waals surface area (Å²) in [6, 6.07) is 23.9. The van der Waals surface area contributed by atoms with Crippen molar-refractivity contribution in [1.29, 1.82) is 0 Å². The number of likely N-dealkylation sites (tertiary alicyclic amines) is 1. The van der Waals surface area contributed by atoms with E-state index in [-0.39, 0.29) is 17.0 Å². The Bertz CT molecular complexity index is 1450. The third-order valence-electron chi connectivity index (χ3n) is 9.41. The Labute approximate surface area is 280 Å². The van der Waals surface area contributed by atoms with Gasteiger partial charge >= 0.3 is 6.16 Å². The first-order valence-corrected chi connectivity index (χ1v) is 19.0. The lowest BCUT2D eigenvalue weighted by Gasteiger charge is -2.53. The molecular formula is C38H49NO7Si. The van der Waals surface area contributed by atoms with Gasteiger partial charge in [0.15, 0.2) is 8.32 Å². The van der Waals surface area contributed by atoms with Crippen LogP contribution >= 0.6 is 0 Å². The van der Waals surface area contributed by atoms with Crippen LogP contribution in [0.15, 0.2) is 91.0 Å². The molecule has 0 aromatic heterocycles. The van der Waals surface area contributed by atoms with Crippen molar-refractivity contribution in [2.75, 3.05) is 20.8 Å². The second-order valence-electron chi connectivity index (χ2n) is 13.7. The minimum absolute atomic E-state index is 0.00463. The van der Waals surface area contributed by atoms with E-state index in [4.69, 9.17) is 23.4 Å². The molecule has 0 N–H and O–H groups in total. The number of carbonyl (C=O) groups excluding carboxylic acids is 2. The second kappa shape index (κ2) is 15.2. The van der Waals surface area contributed by atoms with E-state index >= 15 is 0 Å². The first-order valence-electron chi connectivity index (χ1n) is 16.1. The molecule has 0 radical (unpaired) electrons. The summed E-state index contributed by atoms with van der Waals surface area (Å²) in [5.74, 6) is 1.17. The highest BCUT2D eigenvalue weighted by Gasteiger charge is 2.55. The summed E-state index contributed by atoms with van der Waals surface area (Å²) in [7, 11) is 1.16. The number of carbonyl (C=O) groups is 2. The smallest absolute Gasteiger partial charge is 0.497 e. The van der Waals surface area contributed by atoms with Crippen LogP contribution in [0.5, 0.6) is 17.2 Å². The highest BCUT2D eigenvalue weighted by Crippen LogP contribution is 2.41. The van der Waals surface area contributed by atoms with E-state index < -0.39 is 32.5 Å². The van der Waals surface area contributed by atoms with E-state index in [0.717, 1.165) is 28.2 Å². The number of rotatable bonds is 14. The molecule has 1 saturated heterocycles. The van der Waals surface area contributed by atoms with Gasteiger partial charge in [-0.05, 0) is 91.0 Å². The van der Waals surface area contributed by atoms with E-state index in [1.54, 1.807) is 45.4 Å². The highest BCUT2D eigenvalue weighted by molar-refractivity contribution is 6.74. The average Bonchev–Trinajstić information content (AvgIpc) is 3.03. The third-order valence-corrected chi connectivity index (χ3v) is 13.9. The van der Waals surface area contributed by atoms with E-state index in [0.29, 0.717) is 25.2 Å². The van der Waals surface area contributed by atoms with Gasteiger partial charge in [-0.25, -0.2) is 4.79 Å². The topological polar surface area (TPSA) is 83.5 Å². The number of benzene rings is 3. The van der Waals surface area contributed by atoms with Crippen LogP contribution < -0.4 is 14.2 Å². The number of para-hydroxylation sites is 1. The molecule has 3 aromatic carbocycles. The van der Waals surface area contributed by atoms with Gasteiger partial charge < -0.3 is 28.3 Å². The molecule has 1 fully saturated rings. The van der Waals surface area contributed by atoms with Gasteiger partial charge in [0.05, 0.1) is 32.8 Å². The molecule has 0 unspecified atom stereocenters. The Morgan fingerprint density at radius 2 is 1.36 bits per heavy atom. The minimum atomic E-state index is -2.12. The van der Waals surface area contributed by atoms with E-state index in [1.165, 1.54) is 0 Å². The first kappa shape index (κ1) is 35.8. The average molecular weight is 660 g/mol. The molecule has 1 heterocycles. The zero-order valence-electron chi connectivity index (χ0n) is 28.9. The normalized spacial score (nSPS) is 17.1. The number of ether oxygens (including phenoxy) is 4. The largest absolute Gasteiger partial charge is 0.514 e. The third kappa shape index (κ3) is 8.84. The summed E-state index contributed by atoms with van der Waals surface area (Å²) in [5.41, 5.74) is 2.91. The number of β-lactam (4-membered cyclic amide) rings is 1. The molecule has 9 heteroatoms. The molecule has 1 amide bonds. The SMILES string of the molecule is C=C(CO[Si](C)(C)C(C)(C)C)[C@@H]1[C@@H]([C@@H](C)OC(=O)Oc2ccccc2)C(=O)N1C(Cc1ccc(OC)cc1)Cc1ccc(OC)cc1. The quantitative estimate of drug-likeness (QED) is 0.0573. The molecule has 0 bridgehead atoms. The summed E-state index contributed by atoms with van der Waals surface area (Å²) in [6.45, 7) is 17.5. The first-order chi connectivity index (χ1) is 22.2. The predicted octanol–water partition coefficient (Wildman–Crippen LogP) is 7.87. The van der Waals surface area contributed by atoms with Crippen molar-refractivity contribution in [3.05, 3.63) is 102 Å². The summed E-state index contributed by atoms with van der Waals surface area (Å²) in [4.78, 5) is 28.9. The van der Waals surface area contributed by atoms with Crippen molar-refractivity contribution in [3.8, 4) is 17.2 Å². The highest BCUT2D eigenvalue weighted by atomic mass is 28.4. The molecule has 47 heavy (non-hydrogen) atoms. The van der Waals surface area contributed by atoms with Crippen LogP contribution in [0.25, 0.3) is 0 Å². The maximum atomic E-state index is 14.2. The Balaban J connectivity index is 1.64. The fraction of sp³-hybridized carbons (Fsp3) is 0.421. The molecule has 4 rings (SSSR count). The van der Waals surface area contributed by atoms with Crippen LogP contribution in [-0.4, -0.2) is 64.3 Å². The number of hydrogen-bond acceptors (Lipinski definition) is 7. The maximum Gasteiger partial charge on any atom is 0.514 e. The molecule has 1 aliphatic rings. The van der Waals surface area contributed by atoms with Crippen molar-refractivity contribution < 1.29 is 33.0 Å². The van der Waals surface area contributed by atoms with Gasteiger partial charge in [0.25, 0.3) is 0 Å². The lowest BCUT2D eigenvalue weighted by atomic mass is 9.76. The van der Waals surface area contributed by atoms with Gasteiger partial charge in [0, 0.05) is 6.04 Å². The van der Waals surface area contributed by atoms with Gasteiger partial charge in [-0.3, -0.25) is 4.79 Å². The van der Waals surface area contributed by atoms with Gasteiger partial charge in [-0.15, -0.1) is 0 Å². The molecule has 1 aliphatic heterocycles. The molecule has 0 spiro atoms. The zero-order valence-corrected chi connectivity index (χ0v) is 29.9. The summed E-state index contributed by atoms with van der Waals surface area (Å²) < 4.78 is 28.4. The van der Waals surface area contributed by atoms with Gasteiger partial charge in [0.1, 0.15) is 23.4 Å². The van der Waals surface area contributed by atoms with E-state index in [9.17, 15) is 9.59 Å². The Hall–Kier alpha value is -4.08. The molecule has 252 valence electrons. The molecule has 0 aliphatic carbocycles. The Kier molecular flexibility index (Phi) is 11.6. The molecule has 0 saturated carbocycles. The Morgan fingerprint density at radius 1 is 0.851 bits per heavy atom.